The average Bonchev–Trinajstić information content (AvgIpc) is 3.14. The van der Waals surface area contributed by atoms with Crippen LogP contribution in [0.4, 0.5) is 0 Å². The zero-order valence-corrected chi connectivity index (χ0v) is 12.4. The monoisotopic (exact) mass is 314 g/mol. The Balaban J connectivity index is 1.63. The molecule has 5 rings (SSSR count). The molecule has 0 radical (unpaired) electrons. The number of methoxy groups -OCH3 is 1. The summed E-state index contributed by atoms with van der Waals surface area (Å²) in [6.07, 6.45) is -0.533. The molecule has 3 heterocycles. The van der Waals surface area contributed by atoms with Gasteiger partial charge in [-0.15, -0.1) is 0 Å². The molecule has 0 spiro atoms. The quantitative estimate of drug-likeness (QED) is 0.870. The first-order valence-electron chi connectivity index (χ1n) is 7.33. The smallest absolute Gasteiger partial charge is 0.231 e. The third-order valence-electron chi connectivity index (χ3n) is 4.57. The minimum absolute atomic E-state index is 0.102. The van der Waals surface area contributed by atoms with E-state index in [9.17, 15) is 5.11 Å². The summed E-state index contributed by atoms with van der Waals surface area (Å²) in [6.45, 7) is 0.281. The number of rotatable bonds is 1. The number of ether oxygens (including phenoxy) is 5. The molecule has 0 fully saturated rings. The van der Waals surface area contributed by atoms with Crippen molar-refractivity contribution in [2.45, 2.75) is 11.7 Å². The number of fused-ring (bicyclic) bond motifs is 6. The Labute approximate surface area is 132 Å². The van der Waals surface area contributed by atoms with Crippen LogP contribution in [-0.2, 0) is 5.60 Å². The van der Waals surface area contributed by atoms with Crippen LogP contribution in [0.5, 0.6) is 28.7 Å². The van der Waals surface area contributed by atoms with Crippen molar-refractivity contribution >= 4 is 0 Å². The third kappa shape index (κ3) is 1.61. The van der Waals surface area contributed by atoms with Crippen LogP contribution in [0.3, 0.4) is 0 Å². The highest BCUT2D eigenvalue weighted by molar-refractivity contribution is 5.58. The fourth-order valence-corrected chi connectivity index (χ4v) is 3.37. The first kappa shape index (κ1) is 12.9. The van der Waals surface area contributed by atoms with Crippen LogP contribution >= 0.6 is 0 Å². The molecule has 3 aliphatic rings. The maximum absolute atomic E-state index is 11.2. The summed E-state index contributed by atoms with van der Waals surface area (Å²) in [5.74, 6) is 3.19. The lowest BCUT2D eigenvalue weighted by Gasteiger charge is -2.34. The molecular weight excluding hydrogens is 300 g/mol. The van der Waals surface area contributed by atoms with Gasteiger partial charge < -0.3 is 28.8 Å². The molecule has 1 N–H and O–H groups in total. The van der Waals surface area contributed by atoms with Crippen LogP contribution in [0.25, 0.3) is 0 Å². The molecule has 2 aromatic rings. The van der Waals surface area contributed by atoms with Crippen LogP contribution in [0, 0.1) is 0 Å². The van der Waals surface area contributed by atoms with Crippen molar-refractivity contribution in [3.05, 3.63) is 41.5 Å². The Morgan fingerprint density at radius 1 is 1.04 bits per heavy atom. The lowest BCUT2D eigenvalue weighted by molar-refractivity contribution is -0.0865. The van der Waals surface area contributed by atoms with E-state index in [1.54, 1.807) is 25.3 Å². The maximum Gasteiger partial charge on any atom is 0.231 e. The zero-order chi connectivity index (χ0) is 15.6. The van der Waals surface area contributed by atoms with Crippen molar-refractivity contribution in [1.29, 1.82) is 0 Å². The summed E-state index contributed by atoms with van der Waals surface area (Å²) < 4.78 is 27.8. The number of hydrogen-bond acceptors (Lipinski definition) is 6. The van der Waals surface area contributed by atoms with Crippen molar-refractivity contribution in [2.24, 2.45) is 0 Å². The summed E-state index contributed by atoms with van der Waals surface area (Å²) in [5.41, 5.74) is 0.198. The van der Waals surface area contributed by atoms with Gasteiger partial charge in [0.15, 0.2) is 23.2 Å². The molecule has 6 heteroatoms. The highest BCUT2D eigenvalue weighted by Crippen LogP contribution is 2.56. The summed E-state index contributed by atoms with van der Waals surface area (Å²) in [7, 11) is 1.60. The second kappa shape index (κ2) is 4.23. The molecule has 118 valence electrons. The SMILES string of the molecule is COc1ccc2c(c1)OC[C@]1(O)c3cc4c(cc3OC21)OCO4. The lowest BCUT2D eigenvalue weighted by Crippen LogP contribution is -2.41. The first-order chi connectivity index (χ1) is 11.2. The molecule has 0 amide bonds. The van der Waals surface area contributed by atoms with Crippen LogP contribution in [-0.4, -0.2) is 25.6 Å². The zero-order valence-electron chi connectivity index (χ0n) is 12.4. The summed E-state index contributed by atoms with van der Waals surface area (Å²) in [4.78, 5) is 0. The van der Waals surface area contributed by atoms with Crippen molar-refractivity contribution in [1.82, 2.24) is 0 Å². The molecule has 0 saturated heterocycles. The van der Waals surface area contributed by atoms with Crippen LogP contribution in [0.15, 0.2) is 30.3 Å². The van der Waals surface area contributed by atoms with E-state index in [0.29, 0.717) is 34.3 Å². The van der Waals surface area contributed by atoms with E-state index in [4.69, 9.17) is 23.7 Å². The summed E-state index contributed by atoms with van der Waals surface area (Å²) >= 11 is 0. The lowest BCUT2D eigenvalue weighted by atomic mass is 9.85. The Bertz CT molecular complexity index is 817. The van der Waals surface area contributed by atoms with Crippen molar-refractivity contribution in [3.8, 4) is 28.7 Å². The number of aliphatic hydroxyl groups is 1. The van der Waals surface area contributed by atoms with E-state index in [0.717, 1.165) is 5.56 Å². The van der Waals surface area contributed by atoms with Crippen LogP contribution < -0.4 is 23.7 Å². The van der Waals surface area contributed by atoms with Gasteiger partial charge in [-0.1, -0.05) is 0 Å². The number of hydrogen-bond donors (Lipinski definition) is 1. The van der Waals surface area contributed by atoms with E-state index < -0.39 is 11.7 Å². The van der Waals surface area contributed by atoms with Gasteiger partial charge in [-0.3, -0.25) is 0 Å². The number of benzene rings is 2. The van der Waals surface area contributed by atoms with Gasteiger partial charge in [0.05, 0.1) is 7.11 Å². The van der Waals surface area contributed by atoms with E-state index >= 15 is 0 Å². The van der Waals surface area contributed by atoms with Gasteiger partial charge in [-0.2, -0.15) is 0 Å². The molecule has 2 atom stereocenters. The Hall–Kier alpha value is -2.60. The predicted octanol–water partition coefficient (Wildman–Crippen LogP) is 2.14. The largest absolute Gasteiger partial charge is 0.497 e. The summed E-state index contributed by atoms with van der Waals surface area (Å²) in [6, 6.07) is 9.02. The molecule has 2 aromatic carbocycles. The Morgan fingerprint density at radius 2 is 1.87 bits per heavy atom. The highest BCUT2D eigenvalue weighted by atomic mass is 16.7. The summed E-state index contributed by atoms with van der Waals surface area (Å²) in [5, 5.41) is 11.2. The van der Waals surface area contributed by atoms with Gasteiger partial charge in [0, 0.05) is 23.3 Å². The second-order valence-electron chi connectivity index (χ2n) is 5.82. The molecule has 6 nitrogen and oxygen atoms in total. The van der Waals surface area contributed by atoms with E-state index in [1.165, 1.54) is 0 Å². The fraction of sp³-hybridized carbons (Fsp3) is 0.294. The average molecular weight is 314 g/mol. The molecule has 0 bridgehead atoms. The minimum atomic E-state index is -1.25. The minimum Gasteiger partial charge on any atom is -0.497 e. The van der Waals surface area contributed by atoms with Crippen LogP contribution in [0.1, 0.15) is 17.2 Å². The van der Waals surface area contributed by atoms with Gasteiger partial charge >= 0.3 is 0 Å². The van der Waals surface area contributed by atoms with Crippen LogP contribution in [0.2, 0.25) is 0 Å². The highest BCUT2D eigenvalue weighted by Gasteiger charge is 2.53. The molecule has 0 aromatic heterocycles. The van der Waals surface area contributed by atoms with Gasteiger partial charge in [-0.05, 0) is 18.2 Å². The Kier molecular flexibility index (Phi) is 2.37. The standard InChI is InChI=1S/C17H14O6/c1-19-9-2-3-10-12(4-9)20-7-17(18)11-5-14-15(22-8-21-14)6-13(11)23-16(10)17/h2-6,16,18H,7-8H2,1H3/t16?,17-/m0/s1. The predicted molar refractivity (Wildman–Crippen MR) is 78.3 cm³/mol. The van der Waals surface area contributed by atoms with Crippen molar-refractivity contribution < 1.29 is 28.8 Å². The first-order valence-corrected chi connectivity index (χ1v) is 7.33. The molecule has 23 heavy (non-hydrogen) atoms. The van der Waals surface area contributed by atoms with E-state index in [-0.39, 0.29) is 13.4 Å². The second-order valence-corrected chi connectivity index (χ2v) is 5.82. The van der Waals surface area contributed by atoms with Gasteiger partial charge in [0.25, 0.3) is 0 Å². The van der Waals surface area contributed by atoms with Gasteiger partial charge in [0.1, 0.15) is 23.9 Å². The van der Waals surface area contributed by atoms with Crippen molar-refractivity contribution in [3.63, 3.8) is 0 Å². The molecular formula is C17H14O6. The third-order valence-corrected chi connectivity index (χ3v) is 4.57. The van der Waals surface area contributed by atoms with Gasteiger partial charge in [-0.25, -0.2) is 0 Å². The van der Waals surface area contributed by atoms with Gasteiger partial charge in [0.2, 0.25) is 6.79 Å². The fourth-order valence-electron chi connectivity index (χ4n) is 3.37. The normalized spacial score (nSPS) is 25.7. The molecule has 1 unspecified atom stereocenters. The topological polar surface area (TPSA) is 66.4 Å². The molecule has 0 aliphatic carbocycles. The maximum atomic E-state index is 11.2. The Morgan fingerprint density at radius 3 is 2.70 bits per heavy atom. The van der Waals surface area contributed by atoms with Crippen molar-refractivity contribution in [2.75, 3.05) is 20.5 Å². The molecule has 0 saturated carbocycles. The van der Waals surface area contributed by atoms with E-state index in [1.807, 2.05) is 12.1 Å². The van der Waals surface area contributed by atoms with E-state index in [2.05, 4.69) is 0 Å². The molecule has 3 aliphatic heterocycles.